The van der Waals surface area contributed by atoms with E-state index in [0.717, 1.165) is 35.3 Å². The zero-order valence-corrected chi connectivity index (χ0v) is 17.9. The Bertz CT molecular complexity index is 1380. The maximum Gasteiger partial charge on any atom is 0.204 e. The molecule has 0 aliphatic heterocycles. The van der Waals surface area contributed by atoms with Gasteiger partial charge in [0.1, 0.15) is 11.3 Å². The van der Waals surface area contributed by atoms with Crippen LogP contribution in [-0.4, -0.2) is 25.4 Å². The van der Waals surface area contributed by atoms with E-state index < -0.39 is 23.0 Å². The summed E-state index contributed by atoms with van der Waals surface area (Å²) < 4.78 is 6.23. The van der Waals surface area contributed by atoms with Crippen LogP contribution in [0.4, 0.5) is 0 Å². The standard InChI is InChI=1S/C25H25NO5/c1-24(2)6-7-25(3,4)16-11-18-13(9-15(16)24)12-5-8-26-19(23(12)31-18)14-10-17(27)21(29)22(30)20(14)28/h5,8-11,27-30H,6-7H2,1-4H3. The van der Waals surface area contributed by atoms with E-state index in [4.69, 9.17) is 4.42 Å². The van der Waals surface area contributed by atoms with Gasteiger partial charge in [0.25, 0.3) is 0 Å². The minimum absolute atomic E-state index is 0.0336. The molecule has 5 rings (SSSR count). The molecular formula is C25H25NO5. The third kappa shape index (κ3) is 2.67. The largest absolute Gasteiger partial charge is 0.504 e. The Labute approximate surface area is 179 Å². The Morgan fingerprint density at radius 3 is 2.13 bits per heavy atom. The molecule has 0 saturated heterocycles. The Kier molecular flexibility index (Phi) is 3.82. The van der Waals surface area contributed by atoms with E-state index in [1.165, 1.54) is 11.1 Å². The number of aromatic nitrogens is 1. The number of phenolic OH excluding ortho intramolecular Hbond substituents is 4. The maximum absolute atomic E-state index is 10.4. The average Bonchev–Trinajstić information content (AvgIpc) is 3.10. The third-order valence-corrected chi connectivity index (χ3v) is 6.84. The van der Waals surface area contributed by atoms with Crippen molar-refractivity contribution >= 4 is 21.9 Å². The maximum atomic E-state index is 10.4. The number of hydrogen-bond acceptors (Lipinski definition) is 6. The quantitative estimate of drug-likeness (QED) is 0.229. The highest BCUT2D eigenvalue weighted by Crippen LogP contribution is 2.51. The molecule has 0 unspecified atom stereocenters. The van der Waals surface area contributed by atoms with Crippen LogP contribution in [0.15, 0.2) is 34.9 Å². The molecule has 0 atom stereocenters. The van der Waals surface area contributed by atoms with E-state index in [9.17, 15) is 20.4 Å². The van der Waals surface area contributed by atoms with Gasteiger partial charge in [0.15, 0.2) is 17.1 Å². The molecule has 4 N–H and O–H groups in total. The van der Waals surface area contributed by atoms with Crippen molar-refractivity contribution in [1.29, 1.82) is 0 Å². The molecule has 160 valence electrons. The summed E-state index contributed by atoms with van der Waals surface area (Å²) in [5.41, 5.74) is 4.16. The van der Waals surface area contributed by atoms with Crippen LogP contribution in [0.3, 0.4) is 0 Å². The number of hydrogen-bond donors (Lipinski definition) is 4. The third-order valence-electron chi connectivity index (χ3n) is 6.84. The van der Waals surface area contributed by atoms with Crippen molar-refractivity contribution in [2.45, 2.75) is 51.4 Å². The highest BCUT2D eigenvalue weighted by atomic mass is 16.3. The lowest BCUT2D eigenvalue weighted by atomic mass is 9.63. The van der Waals surface area contributed by atoms with Gasteiger partial charge in [-0.2, -0.15) is 0 Å². The molecule has 2 aromatic carbocycles. The topological polar surface area (TPSA) is 107 Å². The number of pyridine rings is 1. The van der Waals surface area contributed by atoms with Crippen LogP contribution in [0.1, 0.15) is 51.7 Å². The van der Waals surface area contributed by atoms with E-state index in [2.05, 4.69) is 44.8 Å². The van der Waals surface area contributed by atoms with Crippen LogP contribution >= 0.6 is 0 Å². The van der Waals surface area contributed by atoms with Crippen LogP contribution in [0, 0.1) is 0 Å². The molecule has 6 nitrogen and oxygen atoms in total. The van der Waals surface area contributed by atoms with Crippen molar-refractivity contribution in [3.63, 3.8) is 0 Å². The van der Waals surface area contributed by atoms with Gasteiger partial charge in [0.2, 0.25) is 11.5 Å². The van der Waals surface area contributed by atoms with Crippen molar-refractivity contribution in [1.82, 2.24) is 4.98 Å². The first-order chi connectivity index (χ1) is 14.5. The number of fused-ring (bicyclic) bond motifs is 4. The van der Waals surface area contributed by atoms with Gasteiger partial charge in [0, 0.05) is 17.0 Å². The smallest absolute Gasteiger partial charge is 0.204 e. The van der Waals surface area contributed by atoms with Crippen LogP contribution in [0.5, 0.6) is 23.0 Å². The fourth-order valence-electron chi connectivity index (χ4n) is 4.77. The highest BCUT2D eigenvalue weighted by Gasteiger charge is 2.38. The SMILES string of the molecule is CC1(C)CCC(C)(C)c2cc3c(cc21)oc1c(-c2cc(O)c(O)c(O)c2O)nccc13. The van der Waals surface area contributed by atoms with Gasteiger partial charge in [-0.05, 0) is 59.1 Å². The Balaban J connectivity index is 1.84. The molecule has 4 aromatic rings. The molecular weight excluding hydrogens is 394 g/mol. The Hall–Kier alpha value is -3.41. The average molecular weight is 419 g/mol. The van der Waals surface area contributed by atoms with E-state index >= 15 is 0 Å². The first kappa shape index (κ1) is 19.5. The van der Waals surface area contributed by atoms with Crippen LogP contribution in [-0.2, 0) is 10.8 Å². The molecule has 1 aliphatic rings. The van der Waals surface area contributed by atoms with Crippen LogP contribution < -0.4 is 0 Å². The molecule has 31 heavy (non-hydrogen) atoms. The second-order valence-electron chi connectivity index (χ2n) is 9.79. The zero-order valence-electron chi connectivity index (χ0n) is 17.9. The van der Waals surface area contributed by atoms with Crippen LogP contribution in [0.25, 0.3) is 33.2 Å². The monoisotopic (exact) mass is 419 g/mol. The lowest BCUT2D eigenvalue weighted by Crippen LogP contribution is -2.33. The molecule has 0 spiro atoms. The predicted molar refractivity (Wildman–Crippen MR) is 119 cm³/mol. The fourth-order valence-corrected chi connectivity index (χ4v) is 4.77. The fraction of sp³-hybridized carbons (Fsp3) is 0.320. The molecule has 0 amide bonds. The number of nitrogens with zero attached hydrogens (tertiary/aromatic N) is 1. The molecule has 0 fully saturated rings. The number of phenols is 4. The summed E-state index contributed by atoms with van der Waals surface area (Å²) >= 11 is 0. The molecule has 0 bridgehead atoms. The number of rotatable bonds is 1. The number of furan rings is 1. The van der Waals surface area contributed by atoms with E-state index in [1.54, 1.807) is 6.20 Å². The summed E-state index contributed by atoms with van der Waals surface area (Å²) in [5.74, 6) is -2.71. The minimum Gasteiger partial charge on any atom is -0.504 e. The lowest BCUT2D eigenvalue weighted by molar-refractivity contribution is 0.332. The summed E-state index contributed by atoms with van der Waals surface area (Å²) in [6, 6.07) is 7.33. The van der Waals surface area contributed by atoms with Gasteiger partial charge < -0.3 is 24.8 Å². The van der Waals surface area contributed by atoms with Gasteiger partial charge in [-0.25, -0.2) is 0 Å². The first-order valence-corrected chi connectivity index (χ1v) is 10.3. The van der Waals surface area contributed by atoms with Gasteiger partial charge >= 0.3 is 0 Å². The molecule has 0 saturated carbocycles. The Morgan fingerprint density at radius 2 is 1.45 bits per heavy atom. The number of aromatic hydroxyl groups is 4. The summed E-state index contributed by atoms with van der Waals surface area (Å²) in [6.07, 6.45) is 3.79. The Morgan fingerprint density at radius 1 is 0.806 bits per heavy atom. The summed E-state index contributed by atoms with van der Waals surface area (Å²) in [6.45, 7) is 9.04. The van der Waals surface area contributed by atoms with Gasteiger partial charge in [-0.15, -0.1) is 0 Å². The second-order valence-corrected chi connectivity index (χ2v) is 9.79. The number of benzene rings is 2. The summed E-state index contributed by atoms with van der Waals surface area (Å²) in [7, 11) is 0. The summed E-state index contributed by atoms with van der Waals surface area (Å²) in [5, 5.41) is 41.8. The second kappa shape index (κ2) is 6.06. The van der Waals surface area contributed by atoms with Crippen molar-refractivity contribution < 1.29 is 24.8 Å². The van der Waals surface area contributed by atoms with Crippen molar-refractivity contribution in [3.8, 4) is 34.3 Å². The molecule has 6 heteroatoms. The van der Waals surface area contributed by atoms with Gasteiger partial charge in [0.05, 0.1) is 5.56 Å². The van der Waals surface area contributed by atoms with Gasteiger partial charge in [-0.1, -0.05) is 27.7 Å². The van der Waals surface area contributed by atoms with Crippen molar-refractivity contribution in [3.05, 3.63) is 41.6 Å². The van der Waals surface area contributed by atoms with Gasteiger partial charge in [-0.3, -0.25) is 4.98 Å². The molecule has 2 heterocycles. The van der Waals surface area contributed by atoms with Crippen molar-refractivity contribution in [2.75, 3.05) is 0 Å². The van der Waals surface area contributed by atoms with E-state index in [1.807, 2.05) is 6.07 Å². The molecule has 2 aromatic heterocycles. The van der Waals surface area contributed by atoms with Crippen molar-refractivity contribution in [2.24, 2.45) is 0 Å². The summed E-state index contributed by atoms with van der Waals surface area (Å²) in [4.78, 5) is 4.34. The van der Waals surface area contributed by atoms with Crippen LogP contribution in [0.2, 0.25) is 0 Å². The first-order valence-electron chi connectivity index (χ1n) is 10.3. The lowest BCUT2D eigenvalue weighted by Gasteiger charge is -2.41. The highest BCUT2D eigenvalue weighted by molar-refractivity contribution is 6.09. The predicted octanol–water partition coefficient (Wildman–Crippen LogP) is 5.82. The van der Waals surface area contributed by atoms with E-state index in [0.29, 0.717) is 5.58 Å². The van der Waals surface area contributed by atoms with E-state index in [-0.39, 0.29) is 22.1 Å². The minimum atomic E-state index is -0.802. The normalized spacial score (nSPS) is 17.2. The molecule has 0 radical (unpaired) electrons. The zero-order chi connectivity index (χ0) is 22.3. The molecule has 1 aliphatic carbocycles.